The molecule has 4 heterocycles. The topological polar surface area (TPSA) is 115 Å². The lowest BCUT2D eigenvalue weighted by atomic mass is 9.95. The van der Waals surface area contributed by atoms with Crippen molar-refractivity contribution in [2.24, 2.45) is 0 Å². The lowest BCUT2D eigenvalue weighted by molar-refractivity contribution is 1.12. The predicted molar refractivity (Wildman–Crippen MR) is 629 cm³/mol. The molecule has 0 atom stereocenters. The summed E-state index contributed by atoms with van der Waals surface area (Å²) >= 11 is 0. The molecule has 0 radical (unpaired) electrons. The number of rotatable bonds is 14. The van der Waals surface area contributed by atoms with Gasteiger partial charge in [-0.3, -0.25) is 0 Å². The van der Waals surface area contributed by atoms with E-state index in [-0.39, 0.29) is 0 Å². The number of nitrogens with zero attached hydrogens (tertiary/aromatic N) is 8. The first-order valence-corrected chi connectivity index (χ1v) is 51.6. The molecule has 0 bridgehead atoms. The van der Waals surface area contributed by atoms with Gasteiger partial charge in [-0.15, -0.1) is 0 Å². The average molecular weight is 1930 g/mol. The van der Waals surface area contributed by atoms with Crippen LogP contribution in [-0.2, 0) is 0 Å². The summed E-state index contributed by atoms with van der Waals surface area (Å²) in [5, 5.41) is 53.0. The number of hydrogen-bond donors (Lipinski definition) is 0. The monoisotopic (exact) mass is 1930 g/mol. The summed E-state index contributed by atoms with van der Waals surface area (Å²) in [5.41, 5.74) is 56.9. The zero-order valence-electron chi connectivity index (χ0n) is 88.1. The second-order valence-corrected chi connectivity index (χ2v) is 42.5. The maximum Gasteiger partial charge on any atom is 0.104 e. The van der Waals surface area contributed by atoms with Crippen LogP contribution in [0, 0.1) is 170 Å². The molecule has 24 rings (SSSR count). The highest BCUT2D eigenvalue weighted by molar-refractivity contribution is 6.17. The Morgan fingerprint density at radius 3 is 0.500 bits per heavy atom. The number of benzene rings is 20. The SMILES string of the molecule is Cc1cc(C)cc(-c2ccc3c(c2)c2cc(-c4cc(C)cc(C)c4)ccc2n3-c2cc(-c3ccc(C#N)cc3C)cc(-n3c4ccc(-c5cc(C)cc(C)c5)cc4c4cc(-c5cc(C)cc(C)c5)ccc43)c2C#N)c1.Cc1cc(C)cc(-c2ccc3c4ccc(-c5cc(C)cc(C)c5)cc4n(-c4cc(-c5ccc(C#N)cc5C)cc(-n5c6cc(-c7cc(C)cc(C)c7)ccc6c6ccc(-c7cc(C)cc(C)c7)cc65)c4C#N)c3c2)c1. The van der Waals surface area contributed by atoms with E-state index < -0.39 is 0 Å². The summed E-state index contributed by atoms with van der Waals surface area (Å²) in [4.78, 5) is 0. The molecule has 0 amide bonds. The van der Waals surface area contributed by atoms with Gasteiger partial charge in [0, 0.05) is 43.1 Å². The number of aryl methyl sites for hydroxylation is 18. The third-order valence-electron chi connectivity index (χ3n) is 30.2. The second kappa shape index (κ2) is 37.6. The highest BCUT2D eigenvalue weighted by Gasteiger charge is 2.30. The van der Waals surface area contributed by atoms with Crippen LogP contribution in [0.4, 0.5) is 0 Å². The number of nitriles is 4. The van der Waals surface area contributed by atoms with Gasteiger partial charge in [0.05, 0.1) is 90.1 Å². The zero-order valence-corrected chi connectivity index (χ0v) is 88.1. The highest BCUT2D eigenvalue weighted by atomic mass is 15.0. The lowest BCUT2D eigenvalue weighted by Gasteiger charge is -2.20. The zero-order chi connectivity index (χ0) is 104. The van der Waals surface area contributed by atoms with E-state index in [0.717, 1.165) is 210 Å². The van der Waals surface area contributed by atoms with Gasteiger partial charge in [0.15, 0.2) is 0 Å². The molecule has 8 nitrogen and oxygen atoms in total. The van der Waals surface area contributed by atoms with Gasteiger partial charge >= 0.3 is 0 Å². The quantitative estimate of drug-likeness (QED) is 0.108. The number of aromatic nitrogens is 4. The van der Waals surface area contributed by atoms with Crippen molar-refractivity contribution in [1.29, 1.82) is 21.0 Å². The van der Waals surface area contributed by atoms with E-state index in [1.807, 2.05) is 24.3 Å². The molecule has 0 aliphatic heterocycles. The summed E-state index contributed by atoms with van der Waals surface area (Å²) in [6, 6.07) is 139. The van der Waals surface area contributed by atoms with Crippen molar-refractivity contribution in [3.05, 3.63) is 474 Å². The maximum atomic E-state index is 12.1. The largest absolute Gasteiger partial charge is 0.308 e. The summed E-state index contributed by atoms with van der Waals surface area (Å²) in [5.74, 6) is 0. The summed E-state index contributed by atoms with van der Waals surface area (Å²) in [6.45, 7) is 38.7. The first-order valence-electron chi connectivity index (χ1n) is 51.6. The summed E-state index contributed by atoms with van der Waals surface area (Å²) in [7, 11) is 0. The Labute approximate surface area is 877 Å². The smallest absolute Gasteiger partial charge is 0.104 e. The predicted octanol–water partition coefficient (Wildman–Crippen LogP) is 37.5. The Kier molecular flexibility index (Phi) is 23.8. The van der Waals surface area contributed by atoms with Gasteiger partial charge in [0.2, 0.25) is 0 Å². The van der Waals surface area contributed by atoms with E-state index in [4.69, 9.17) is 0 Å². The van der Waals surface area contributed by atoms with Crippen LogP contribution in [-0.4, -0.2) is 18.3 Å². The Hall–Kier alpha value is -18.4. The van der Waals surface area contributed by atoms with Gasteiger partial charge in [0.25, 0.3) is 0 Å². The summed E-state index contributed by atoms with van der Waals surface area (Å²) in [6.07, 6.45) is 0. The lowest BCUT2D eigenvalue weighted by Crippen LogP contribution is -2.06. The molecule has 0 aliphatic rings. The van der Waals surface area contributed by atoms with E-state index in [0.29, 0.717) is 22.3 Å². The fraction of sp³-hybridized carbons (Fsp3) is 0.127. The minimum atomic E-state index is 0.546. The minimum Gasteiger partial charge on any atom is -0.308 e. The van der Waals surface area contributed by atoms with Gasteiger partial charge in [-0.1, -0.05) is 320 Å². The van der Waals surface area contributed by atoms with Crippen LogP contribution in [0.2, 0.25) is 0 Å². The second-order valence-electron chi connectivity index (χ2n) is 42.5. The van der Waals surface area contributed by atoms with Gasteiger partial charge < -0.3 is 18.3 Å². The van der Waals surface area contributed by atoms with Crippen LogP contribution in [0.15, 0.2) is 352 Å². The van der Waals surface area contributed by atoms with Crippen molar-refractivity contribution in [3.8, 4) is 158 Å². The normalized spacial score (nSPS) is 11.5. The van der Waals surface area contributed by atoms with Crippen LogP contribution < -0.4 is 0 Å². The van der Waals surface area contributed by atoms with Crippen LogP contribution in [0.1, 0.15) is 122 Å². The third-order valence-corrected chi connectivity index (χ3v) is 30.2. The Bertz CT molecular complexity index is 9020. The Balaban J connectivity index is 0.000000164. The molecule has 0 fully saturated rings. The van der Waals surface area contributed by atoms with Crippen molar-refractivity contribution in [3.63, 3.8) is 0 Å². The molecule has 4 aromatic heterocycles. The average Bonchev–Trinajstić information content (AvgIpc) is 1.55. The molecule has 8 heteroatoms. The molecular weight excluding hydrogens is 1820 g/mol. The van der Waals surface area contributed by atoms with Gasteiger partial charge in [-0.25, -0.2) is 0 Å². The molecular formula is C142H112N8. The molecule has 24 aromatic rings. The van der Waals surface area contributed by atoms with Crippen LogP contribution in [0.5, 0.6) is 0 Å². The van der Waals surface area contributed by atoms with Gasteiger partial charge in [-0.2, -0.15) is 21.0 Å². The van der Waals surface area contributed by atoms with E-state index >= 15 is 0 Å². The van der Waals surface area contributed by atoms with Crippen LogP contribution in [0.3, 0.4) is 0 Å². The van der Waals surface area contributed by atoms with E-state index in [1.54, 1.807) is 0 Å². The summed E-state index contributed by atoms with van der Waals surface area (Å²) < 4.78 is 9.33. The van der Waals surface area contributed by atoms with Gasteiger partial charge in [0.1, 0.15) is 23.3 Å². The first-order chi connectivity index (χ1) is 72.4. The Morgan fingerprint density at radius 2 is 0.320 bits per heavy atom. The van der Waals surface area contributed by atoms with Crippen molar-refractivity contribution in [1.82, 2.24) is 18.3 Å². The fourth-order valence-electron chi connectivity index (χ4n) is 24.3. The Morgan fingerprint density at radius 1 is 0.140 bits per heavy atom. The molecule has 0 aliphatic carbocycles. The first kappa shape index (κ1) is 95.1. The molecule has 0 unspecified atom stereocenters. The van der Waals surface area contributed by atoms with Crippen molar-refractivity contribution >= 4 is 87.2 Å². The molecule has 20 aromatic carbocycles. The van der Waals surface area contributed by atoms with E-state index in [9.17, 15) is 21.0 Å². The van der Waals surface area contributed by atoms with E-state index in [1.165, 1.54) is 111 Å². The van der Waals surface area contributed by atoms with E-state index in [2.05, 4.69) is 495 Å². The standard InChI is InChI=1S/2C71H56N4/c1-41-20-42(2)25-55(24-41)51-11-16-66-61(33-51)62-34-52(56-26-43(3)21-44(4)27-56)12-17-67(62)74(66)70-37-59(60-15-10-50(39-72)32-49(60)9)38-71(65(70)40-73)75-68-18-13-53(57-28-45(5)22-46(6)29-57)35-63(68)64-36-54(14-19-69(64)75)58-30-47(7)23-48(8)31-58;1-41-20-42(2)25-55(24-41)51-11-16-61-62-17-12-52(56-26-43(3)21-44(4)27-56)34-67(62)74(66(61)33-51)70-37-59(60-15-10-50(39-72)32-49(60)9)38-71(65(70)40-73)75-68-35-53(57-28-45(5)22-46(6)29-57)13-18-63(68)64-19-14-54(36-69(64)75)58-30-47(7)23-48(8)31-58/h2*10-38H,1-9H3. The fourth-order valence-corrected chi connectivity index (χ4v) is 24.3. The van der Waals surface area contributed by atoms with Crippen molar-refractivity contribution in [2.75, 3.05) is 0 Å². The molecule has 720 valence electrons. The molecule has 150 heavy (non-hydrogen) atoms. The third kappa shape index (κ3) is 17.3. The number of hydrogen-bond acceptors (Lipinski definition) is 4. The highest BCUT2D eigenvalue weighted by Crippen LogP contribution is 2.50. The number of fused-ring (bicyclic) bond motifs is 12. The molecule has 0 spiro atoms. The maximum absolute atomic E-state index is 12.1. The molecule has 0 N–H and O–H groups in total. The molecule has 0 saturated carbocycles. The van der Waals surface area contributed by atoms with Crippen molar-refractivity contribution in [2.45, 2.75) is 125 Å². The van der Waals surface area contributed by atoms with Gasteiger partial charge in [-0.05, 0) is 368 Å². The minimum absolute atomic E-state index is 0.546. The molecule has 0 saturated heterocycles. The van der Waals surface area contributed by atoms with Crippen LogP contribution >= 0.6 is 0 Å². The van der Waals surface area contributed by atoms with Crippen LogP contribution in [0.25, 0.3) is 221 Å². The van der Waals surface area contributed by atoms with Crippen molar-refractivity contribution < 1.29 is 0 Å².